The molecule has 0 aromatic heterocycles. The molecule has 2 aromatic carbocycles. The molecule has 1 fully saturated rings. The highest BCUT2D eigenvalue weighted by atomic mass is 79.9. The molecule has 1 atom stereocenters. The monoisotopic (exact) mass is 539 g/mol. The number of hydrogen-bond donors (Lipinski definition) is 1. The van der Waals surface area contributed by atoms with Gasteiger partial charge < -0.3 is 10.2 Å². The average molecular weight is 540 g/mol. The molecule has 0 saturated heterocycles. The van der Waals surface area contributed by atoms with Gasteiger partial charge in [0, 0.05) is 30.0 Å². The zero-order valence-corrected chi connectivity index (χ0v) is 21.4. The largest absolute Gasteiger partial charge is 0.352 e. The number of benzene rings is 2. The third-order valence-corrected chi connectivity index (χ3v) is 7.31. The van der Waals surface area contributed by atoms with Crippen LogP contribution < -0.4 is 5.32 Å². The number of halogens is 1. The van der Waals surface area contributed by atoms with E-state index in [0.29, 0.717) is 24.1 Å². The Morgan fingerprint density at radius 1 is 1.03 bits per heavy atom. The summed E-state index contributed by atoms with van der Waals surface area (Å²) in [6.45, 7) is 2.22. The third-order valence-electron chi connectivity index (χ3n) is 6.79. The zero-order valence-electron chi connectivity index (χ0n) is 19.8. The lowest BCUT2D eigenvalue weighted by molar-refractivity contribution is -0.141. The molecular weight excluding hydrogens is 510 g/mol. The van der Waals surface area contributed by atoms with E-state index in [9.17, 15) is 19.2 Å². The summed E-state index contributed by atoms with van der Waals surface area (Å²) in [5.74, 6) is -0.982. The molecule has 8 heteroatoms. The lowest BCUT2D eigenvalue weighted by Crippen LogP contribution is -2.49. The number of amides is 4. The summed E-state index contributed by atoms with van der Waals surface area (Å²) in [6, 6.07) is 13.9. The Kier molecular flexibility index (Phi) is 8.00. The number of nitrogens with one attached hydrogen (secondary N) is 1. The molecular formula is C27H30BrN3O4. The maximum atomic E-state index is 13.3. The Labute approximate surface area is 214 Å². The third kappa shape index (κ3) is 5.81. The first-order valence-electron chi connectivity index (χ1n) is 12.1. The van der Waals surface area contributed by atoms with E-state index in [4.69, 9.17) is 0 Å². The van der Waals surface area contributed by atoms with Gasteiger partial charge in [-0.25, -0.2) is 0 Å². The molecule has 1 N–H and O–H groups in total. The predicted octanol–water partition coefficient (Wildman–Crippen LogP) is 4.30. The SMILES string of the molecule is C[C@H](C(=O)NC1CCCC1)N(Cc1ccc(Br)cc1)C(=O)CCCN1C(=O)c2ccccc2C1=O. The number of rotatable bonds is 9. The van der Waals surface area contributed by atoms with Crippen molar-refractivity contribution in [2.45, 2.75) is 64.1 Å². The van der Waals surface area contributed by atoms with E-state index in [1.165, 1.54) is 4.90 Å². The molecule has 0 radical (unpaired) electrons. The van der Waals surface area contributed by atoms with Crippen LogP contribution in [0.15, 0.2) is 53.0 Å². The van der Waals surface area contributed by atoms with Gasteiger partial charge in [-0.1, -0.05) is 53.0 Å². The van der Waals surface area contributed by atoms with E-state index in [0.717, 1.165) is 35.7 Å². The molecule has 7 nitrogen and oxygen atoms in total. The van der Waals surface area contributed by atoms with Gasteiger partial charge >= 0.3 is 0 Å². The number of nitrogens with zero attached hydrogens (tertiary/aromatic N) is 2. The van der Waals surface area contributed by atoms with E-state index >= 15 is 0 Å². The maximum absolute atomic E-state index is 13.3. The van der Waals surface area contributed by atoms with Crippen molar-refractivity contribution in [1.82, 2.24) is 15.1 Å². The van der Waals surface area contributed by atoms with Crippen molar-refractivity contribution < 1.29 is 19.2 Å². The minimum atomic E-state index is -0.633. The first-order valence-corrected chi connectivity index (χ1v) is 12.9. The van der Waals surface area contributed by atoms with Crippen LogP contribution in [-0.2, 0) is 16.1 Å². The van der Waals surface area contributed by atoms with E-state index in [2.05, 4.69) is 21.2 Å². The molecule has 0 spiro atoms. The highest BCUT2D eigenvalue weighted by molar-refractivity contribution is 9.10. The van der Waals surface area contributed by atoms with Crippen molar-refractivity contribution in [1.29, 1.82) is 0 Å². The molecule has 1 saturated carbocycles. The van der Waals surface area contributed by atoms with Crippen LogP contribution in [0.25, 0.3) is 0 Å². The molecule has 4 rings (SSSR count). The number of fused-ring (bicyclic) bond motifs is 1. The van der Waals surface area contributed by atoms with Gasteiger partial charge in [-0.05, 0) is 56.0 Å². The van der Waals surface area contributed by atoms with Gasteiger partial charge in [-0.3, -0.25) is 24.1 Å². The predicted molar refractivity (Wildman–Crippen MR) is 136 cm³/mol. The molecule has 1 aliphatic carbocycles. The van der Waals surface area contributed by atoms with Gasteiger partial charge in [0.1, 0.15) is 6.04 Å². The van der Waals surface area contributed by atoms with Crippen molar-refractivity contribution in [3.8, 4) is 0 Å². The van der Waals surface area contributed by atoms with Crippen molar-refractivity contribution in [2.75, 3.05) is 6.54 Å². The Balaban J connectivity index is 1.40. The van der Waals surface area contributed by atoms with Crippen LogP contribution in [0.2, 0.25) is 0 Å². The van der Waals surface area contributed by atoms with Crippen LogP contribution in [-0.4, -0.2) is 52.1 Å². The van der Waals surface area contributed by atoms with Gasteiger partial charge in [0.2, 0.25) is 11.8 Å². The van der Waals surface area contributed by atoms with E-state index < -0.39 is 6.04 Å². The first kappa shape index (κ1) is 25.1. The average Bonchev–Trinajstić information content (AvgIpc) is 3.45. The van der Waals surface area contributed by atoms with Crippen LogP contribution in [0.4, 0.5) is 0 Å². The van der Waals surface area contributed by atoms with Gasteiger partial charge in [-0.2, -0.15) is 0 Å². The Morgan fingerprint density at radius 2 is 1.63 bits per heavy atom. The minimum Gasteiger partial charge on any atom is -0.352 e. The first-order chi connectivity index (χ1) is 16.8. The van der Waals surface area contributed by atoms with Gasteiger partial charge in [-0.15, -0.1) is 0 Å². The maximum Gasteiger partial charge on any atom is 0.261 e. The lowest BCUT2D eigenvalue weighted by Gasteiger charge is -2.30. The molecule has 184 valence electrons. The van der Waals surface area contributed by atoms with Crippen LogP contribution in [0.1, 0.15) is 71.7 Å². The fourth-order valence-corrected chi connectivity index (χ4v) is 5.00. The van der Waals surface area contributed by atoms with Crippen molar-refractivity contribution >= 4 is 39.6 Å². The summed E-state index contributed by atoms with van der Waals surface area (Å²) in [7, 11) is 0. The summed E-state index contributed by atoms with van der Waals surface area (Å²) < 4.78 is 0.937. The topological polar surface area (TPSA) is 86.8 Å². The van der Waals surface area contributed by atoms with Gasteiger partial charge in [0.15, 0.2) is 0 Å². The molecule has 0 bridgehead atoms. The summed E-state index contributed by atoms with van der Waals surface area (Å²) in [6.07, 6.45) is 4.62. The Morgan fingerprint density at radius 3 is 2.23 bits per heavy atom. The lowest BCUT2D eigenvalue weighted by atomic mass is 10.1. The minimum absolute atomic E-state index is 0.130. The van der Waals surface area contributed by atoms with Crippen LogP contribution in [0, 0.1) is 0 Å². The summed E-state index contributed by atoms with van der Waals surface area (Å²) >= 11 is 3.42. The number of carbonyl (C=O) groups is 4. The summed E-state index contributed by atoms with van der Waals surface area (Å²) in [5, 5.41) is 3.09. The van der Waals surface area contributed by atoms with E-state index in [1.54, 1.807) is 36.1 Å². The highest BCUT2D eigenvalue weighted by Crippen LogP contribution is 2.23. The van der Waals surface area contributed by atoms with Crippen molar-refractivity contribution in [3.05, 3.63) is 69.7 Å². The van der Waals surface area contributed by atoms with Crippen LogP contribution >= 0.6 is 15.9 Å². The van der Waals surface area contributed by atoms with Gasteiger partial charge in [0.05, 0.1) is 11.1 Å². The van der Waals surface area contributed by atoms with E-state index in [1.807, 2.05) is 24.3 Å². The van der Waals surface area contributed by atoms with Crippen LogP contribution in [0.3, 0.4) is 0 Å². The summed E-state index contributed by atoms with van der Waals surface area (Å²) in [5.41, 5.74) is 1.72. The molecule has 2 aliphatic rings. The Bertz CT molecular complexity index is 1080. The molecule has 0 unspecified atom stereocenters. The molecule has 35 heavy (non-hydrogen) atoms. The second-order valence-electron chi connectivity index (χ2n) is 9.23. The number of carbonyl (C=O) groups excluding carboxylic acids is 4. The van der Waals surface area contributed by atoms with Crippen molar-refractivity contribution in [3.63, 3.8) is 0 Å². The molecule has 1 aliphatic heterocycles. The Hall–Kier alpha value is -3.00. The standard InChI is InChI=1S/C27H30BrN3O4/c1-18(25(33)29-21-7-2-3-8-21)31(17-19-12-14-20(28)15-13-19)24(32)11-6-16-30-26(34)22-9-4-5-10-23(22)27(30)35/h4-5,9-10,12-15,18,21H,2-3,6-8,11,16-17H2,1H3,(H,29,33)/t18-/m1/s1. The molecule has 1 heterocycles. The van der Waals surface area contributed by atoms with Gasteiger partial charge in [0.25, 0.3) is 11.8 Å². The smallest absolute Gasteiger partial charge is 0.261 e. The quantitative estimate of drug-likeness (QED) is 0.481. The zero-order chi connectivity index (χ0) is 24.9. The molecule has 2 aromatic rings. The van der Waals surface area contributed by atoms with Crippen molar-refractivity contribution in [2.24, 2.45) is 0 Å². The molecule has 4 amide bonds. The van der Waals surface area contributed by atoms with E-state index in [-0.39, 0.29) is 42.6 Å². The second-order valence-corrected chi connectivity index (χ2v) is 10.1. The fourth-order valence-electron chi connectivity index (χ4n) is 4.74. The highest BCUT2D eigenvalue weighted by Gasteiger charge is 2.35. The normalized spacial score (nSPS) is 16.3. The number of hydrogen-bond acceptors (Lipinski definition) is 4. The summed E-state index contributed by atoms with van der Waals surface area (Å²) in [4.78, 5) is 54.3. The van der Waals surface area contributed by atoms with Crippen LogP contribution in [0.5, 0.6) is 0 Å². The fraction of sp³-hybridized carbons (Fsp3) is 0.407. The second kappa shape index (κ2) is 11.2. The number of imide groups is 1.